The molecule has 0 spiro atoms. The second kappa shape index (κ2) is 9.76. The average Bonchev–Trinajstić information content (AvgIpc) is 2.14. The second-order valence-electron chi connectivity index (χ2n) is 3.87. The molecule has 0 bridgehead atoms. The summed E-state index contributed by atoms with van der Waals surface area (Å²) in [6.07, 6.45) is 11.7. The highest BCUT2D eigenvalue weighted by Crippen LogP contribution is 2.01. The highest BCUT2D eigenvalue weighted by Gasteiger charge is 1.95. The fourth-order valence-electron chi connectivity index (χ4n) is 1.41. The lowest BCUT2D eigenvalue weighted by atomic mass is 10.1. The molecule has 0 amide bonds. The number of hydrogen-bond acceptors (Lipinski definition) is 0. The van der Waals surface area contributed by atoms with Crippen molar-refractivity contribution in [2.45, 2.75) is 58.8 Å². The largest absolute Gasteiger partial charge is 0.242 e. The minimum Gasteiger partial charge on any atom is -0.242 e. The van der Waals surface area contributed by atoms with Gasteiger partial charge in [-0.1, -0.05) is 33.1 Å². The monoisotopic (exact) mass is 184 g/mol. The van der Waals surface area contributed by atoms with Gasteiger partial charge in [0, 0.05) is 12.8 Å². The molecule has 13 heavy (non-hydrogen) atoms. The minimum atomic E-state index is 1.23. The highest BCUT2D eigenvalue weighted by molar-refractivity contribution is 5.50. The van der Waals surface area contributed by atoms with E-state index in [4.69, 9.17) is 0 Å². The van der Waals surface area contributed by atoms with E-state index >= 15 is 0 Å². The Morgan fingerprint density at radius 3 is 2.23 bits per heavy atom. The molecule has 0 aliphatic rings. The molecule has 0 fully saturated rings. The number of nitrogens with zero attached hydrogens (tertiary/aromatic N) is 1. The van der Waals surface area contributed by atoms with Gasteiger partial charge in [-0.3, -0.25) is 0 Å². The summed E-state index contributed by atoms with van der Waals surface area (Å²) < 4.78 is 2.34. The van der Waals surface area contributed by atoms with Gasteiger partial charge < -0.3 is 0 Å². The molecule has 0 atom stereocenters. The van der Waals surface area contributed by atoms with Crippen LogP contribution in [0.2, 0.25) is 0 Å². The Morgan fingerprint density at radius 2 is 1.62 bits per heavy atom. The molecule has 1 heteroatoms. The van der Waals surface area contributed by atoms with E-state index in [2.05, 4.69) is 31.7 Å². The predicted octanol–water partition coefficient (Wildman–Crippen LogP) is 3.47. The second-order valence-corrected chi connectivity index (χ2v) is 3.87. The summed E-state index contributed by atoms with van der Waals surface area (Å²) >= 11 is 0. The van der Waals surface area contributed by atoms with Crippen molar-refractivity contribution in [2.24, 2.45) is 0 Å². The molecule has 0 saturated carbocycles. The van der Waals surface area contributed by atoms with E-state index in [1.165, 1.54) is 51.5 Å². The maximum absolute atomic E-state index is 2.34. The van der Waals surface area contributed by atoms with Gasteiger partial charge in [-0.05, 0) is 12.8 Å². The Balaban J connectivity index is 3.21. The lowest BCUT2D eigenvalue weighted by Gasteiger charge is -1.98. The van der Waals surface area contributed by atoms with Crippen LogP contribution in [0.4, 0.5) is 0 Å². The topological polar surface area (TPSA) is 3.01 Å². The lowest BCUT2D eigenvalue weighted by molar-refractivity contribution is -0.494. The summed E-state index contributed by atoms with van der Waals surface area (Å²) in [5.41, 5.74) is 0. The molecule has 78 valence electrons. The Bertz CT molecular complexity index is 127. The molecule has 0 rings (SSSR count). The van der Waals surface area contributed by atoms with Crippen molar-refractivity contribution in [3.8, 4) is 0 Å². The van der Waals surface area contributed by atoms with Crippen LogP contribution in [0.15, 0.2) is 0 Å². The highest BCUT2D eigenvalue weighted by atomic mass is 14.9. The third kappa shape index (κ3) is 9.59. The quantitative estimate of drug-likeness (QED) is 0.309. The van der Waals surface area contributed by atoms with Crippen molar-refractivity contribution in [2.75, 3.05) is 13.6 Å². The van der Waals surface area contributed by atoms with Gasteiger partial charge in [-0.25, -0.2) is 4.58 Å². The van der Waals surface area contributed by atoms with Crippen molar-refractivity contribution in [3.63, 3.8) is 0 Å². The molecule has 0 radical (unpaired) electrons. The van der Waals surface area contributed by atoms with Crippen LogP contribution < -0.4 is 0 Å². The van der Waals surface area contributed by atoms with Crippen molar-refractivity contribution in [1.29, 1.82) is 0 Å². The Morgan fingerprint density at radius 1 is 0.923 bits per heavy atom. The Hall–Kier alpha value is -0.330. The first-order valence-electron chi connectivity index (χ1n) is 5.84. The van der Waals surface area contributed by atoms with E-state index < -0.39 is 0 Å². The minimum absolute atomic E-state index is 1.23. The summed E-state index contributed by atoms with van der Waals surface area (Å²) in [7, 11) is 2.19. The molecule has 0 saturated heterocycles. The summed E-state index contributed by atoms with van der Waals surface area (Å²) in [5.74, 6) is 0. The Labute approximate surface area is 83.9 Å². The molecule has 0 aromatic rings. The van der Waals surface area contributed by atoms with Crippen molar-refractivity contribution < 1.29 is 4.58 Å². The van der Waals surface area contributed by atoms with E-state index in [1.54, 1.807) is 0 Å². The van der Waals surface area contributed by atoms with Gasteiger partial charge in [-0.15, -0.1) is 0 Å². The van der Waals surface area contributed by atoms with Crippen LogP contribution in [0.25, 0.3) is 0 Å². The number of hydrogen-bond donors (Lipinski definition) is 0. The number of rotatable bonds is 8. The van der Waals surface area contributed by atoms with Crippen molar-refractivity contribution in [1.82, 2.24) is 0 Å². The summed E-state index contributed by atoms with van der Waals surface area (Å²) in [6, 6.07) is 0. The standard InChI is InChI=1S/C12H26N/c1-4-6-8-9-10-12-13(3)11-7-5-2/h11H,4-10,12H2,1-3H3/q+1. The molecule has 0 aliphatic heterocycles. The summed E-state index contributed by atoms with van der Waals surface area (Å²) in [4.78, 5) is 0. The van der Waals surface area contributed by atoms with Crippen molar-refractivity contribution in [3.05, 3.63) is 0 Å². The summed E-state index contributed by atoms with van der Waals surface area (Å²) in [6.45, 7) is 5.73. The zero-order valence-corrected chi connectivity index (χ0v) is 9.68. The zero-order chi connectivity index (χ0) is 9.94. The van der Waals surface area contributed by atoms with Gasteiger partial charge in [-0.2, -0.15) is 0 Å². The summed E-state index contributed by atoms with van der Waals surface area (Å²) in [5, 5.41) is 0. The molecular weight excluding hydrogens is 158 g/mol. The molecular formula is C12H26N+. The van der Waals surface area contributed by atoms with Gasteiger partial charge >= 0.3 is 0 Å². The SMILES string of the molecule is CCCC=[N+](C)CCCCCCC. The number of unbranched alkanes of at least 4 members (excludes halogenated alkanes) is 5. The van der Waals surface area contributed by atoms with E-state index in [-0.39, 0.29) is 0 Å². The first-order chi connectivity index (χ1) is 6.31. The molecule has 0 heterocycles. The molecule has 0 aromatic heterocycles. The van der Waals surface area contributed by atoms with E-state index in [0.717, 1.165) is 0 Å². The average molecular weight is 184 g/mol. The Kier molecular flexibility index (Phi) is 9.51. The lowest BCUT2D eigenvalue weighted by Crippen LogP contribution is -2.08. The van der Waals surface area contributed by atoms with Crippen LogP contribution in [0.1, 0.15) is 58.8 Å². The van der Waals surface area contributed by atoms with Crippen LogP contribution in [0.3, 0.4) is 0 Å². The first-order valence-corrected chi connectivity index (χ1v) is 5.84. The third-order valence-corrected chi connectivity index (χ3v) is 2.34. The smallest absolute Gasteiger partial charge is 0.142 e. The van der Waals surface area contributed by atoms with Crippen LogP contribution in [0, 0.1) is 0 Å². The van der Waals surface area contributed by atoms with Crippen LogP contribution in [-0.2, 0) is 0 Å². The maximum atomic E-state index is 2.34. The van der Waals surface area contributed by atoms with Gasteiger partial charge in [0.2, 0.25) is 0 Å². The first kappa shape index (κ1) is 12.7. The maximum Gasteiger partial charge on any atom is 0.142 e. The molecule has 0 aromatic carbocycles. The van der Waals surface area contributed by atoms with E-state index in [1.807, 2.05) is 0 Å². The van der Waals surface area contributed by atoms with Gasteiger partial charge in [0.15, 0.2) is 0 Å². The third-order valence-electron chi connectivity index (χ3n) is 2.34. The van der Waals surface area contributed by atoms with Gasteiger partial charge in [0.1, 0.15) is 19.8 Å². The molecule has 0 aliphatic carbocycles. The molecule has 1 nitrogen and oxygen atoms in total. The van der Waals surface area contributed by atoms with Crippen molar-refractivity contribution >= 4 is 6.21 Å². The fourth-order valence-corrected chi connectivity index (χ4v) is 1.41. The predicted molar refractivity (Wildman–Crippen MR) is 60.8 cm³/mol. The molecule has 0 unspecified atom stereocenters. The van der Waals surface area contributed by atoms with Crippen LogP contribution in [-0.4, -0.2) is 24.4 Å². The van der Waals surface area contributed by atoms with Crippen LogP contribution in [0.5, 0.6) is 0 Å². The molecule has 0 N–H and O–H groups in total. The van der Waals surface area contributed by atoms with E-state index in [9.17, 15) is 0 Å². The normalized spacial score (nSPS) is 12.1. The fraction of sp³-hybridized carbons (Fsp3) is 0.917. The van der Waals surface area contributed by atoms with Gasteiger partial charge in [0.05, 0.1) is 0 Å². The zero-order valence-electron chi connectivity index (χ0n) is 9.68. The van der Waals surface area contributed by atoms with Crippen LogP contribution >= 0.6 is 0 Å². The van der Waals surface area contributed by atoms with E-state index in [0.29, 0.717) is 0 Å². The van der Waals surface area contributed by atoms with Gasteiger partial charge in [0.25, 0.3) is 0 Å².